The molecule has 1 aromatic rings. The first-order chi connectivity index (χ1) is 8.57. The normalized spacial score (nSPS) is 11.7. The Hall–Kier alpha value is -0.790. The molecule has 0 N–H and O–H groups in total. The van der Waals surface area contributed by atoms with Gasteiger partial charge in [-0.05, 0) is 26.7 Å². The van der Waals surface area contributed by atoms with Gasteiger partial charge in [-0.1, -0.05) is 40.0 Å². The quantitative estimate of drug-likeness (QED) is 0.477. The van der Waals surface area contributed by atoms with Gasteiger partial charge in [0.2, 0.25) is 0 Å². The van der Waals surface area contributed by atoms with E-state index in [0.717, 1.165) is 0 Å². The Kier molecular flexibility index (Phi) is 6.45. The number of aryl methyl sites for hydroxylation is 1. The topological polar surface area (TPSA) is 8.81 Å². The molecule has 0 aliphatic heterocycles. The van der Waals surface area contributed by atoms with E-state index in [1.54, 1.807) is 0 Å². The summed E-state index contributed by atoms with van der Waals surface area (Å²) in [7, 11) is 0. The average Bonchev–Trinajstić information content (AvgIpc) is 2.72. The molecule has 1 rings (SSSR count). The summed E-state index contributed by atoms with van der Waals surface area (Å²) >= 11 is 0. The molecule has 2 nitrogen and oxygen atoms in total. The largest absolute Gasteiger partial charge is 0.259 e. The van der Waals surface area contributed by atoms with Gasteiger partial charge in [-0.2, -0.15) is 0 Å². The van der Waals surface area contributed by atoms with Crippen LogP contribution in [0.15, 0.2) is 12.4 Å². The lowest BCUT2D eigenvalue weighted by Gasteiger charge is -2.10. The summed E-state index contributed by atoms with van der Waals surface area (Å²) in [6, 6.07) is 0.559. The van der Waals surface area contributed by atoms with E-state index in [1.165, 1.54) is 44.5 Å². The van der Waals surface area contributed by atoms with Crippen molar-refractivity contribution in [3.05, 3.63) is 18.2 Å². The second kappa shape index (κ2) is 7.60. The summed E-state index contributed by atoms with van der Waals surface area (Å²) in [4.78, 5) is 0. The van der Waals surface area contributed by atoms with Crippen molar-refractivity contribution < 1.29 is 4.57 Å². The lowest BCUT2D eigenvalue weighted by Crippen LogP contribution is -2.38. The molecule has 0 atom stereocenters. The number of hydrogen-bond donors (Lipinski definition) is 0. The molecule has 0 aliphatic carbocycles. The van der Waals surface area contributed by atoms with Crippen LogP contribution in [0.4, 0.5) is 0 Å². The molecule has 0 fully saturated rings. The predicted molar refractivity (Wildman–Crippen MR) is 77.9 cm³/mol. The van der Waals surface area contributed by atoms with Gasteiger partial charge in [0.25, 0.3) is 5.82 Å². The maximum atomic E-state index is 2.45. The van der Waals surface area contributed by atoms with Gasteiger partial charge in [0.1, 0.15) is 12.4 Å². The first-order valence-corrected chi connectivity index (χ1v) is 7.68. The summed E-state index contributed by atoms with van der Waals surface area (Å²) in [5.41, 5.74) is 0. The SMILES string of the molecule is CCCCCCC[n+]1ccn(C(C)C)c1C(C)C. The maximum absolute atomic E-state index is 2.45. The third kappa shape index (κ3) is 4.15. The summed E-state index contributed by atoms with van der Waals surface area (Å²) in [6.07, 6.45) is 11.3. The van der Waals surface area contributed by atoms with Crippen molar-refractivity contribution in [2.24, 2.45) is 0 Å². The lowest BCUT2D eigenvalue weighted by atomic mass is 10.1. The molecule has 0 aromatic carbocycles. The highest BCUT2D eigenvalue weighted by Gasteiger charge is 2.21. The second-order valence-corrected chi connectivity index (χ2v) is 5.92. The van der Waals surface area contributed by atoms with Crippen LogP contribution in [0.3, 0.4) is 0 Å². The molecule has 1 aromatic heterocycles. The highest BCUT2D eigenvalue weighted by molar-refractivity contribution is 4.91. The van der Waals surface area contributed by atoms with Crippen LogP contribution in [0.5, 0.6) is 0 Å². The first-order valence-electron chi connectivity index (χ1n) is 7.68. The molecule has 0 saturated heterocycles. The van der Waals surface area contributed by atoms with E-state index in [2.05, 4.69) is 56.1 Å². The Labute approximate surface area is 113 Å². The minimum absolute atomic E-state index is 0.559. The number of unbranched alkanes of at least 4 members (excludes halogenated alkanes) is 4. The Bertz CT molecular complexity index is 337. The summed E-state index contributed by atoms with van der Waals surface area (Å²) in [5, 5.41) is 0. The van der Waals surface area contributed by atoms with Crippen LogP contribution in [0.1, 0.15) is 84.5 Å². The molecule has 2 heteroatoms. The van der Waals surface area contributed by atoms with Gasteiger partial charge >= 0.3 is 0 Å². The van der Waals surface area contributed by atoms with Crippen molar-refractivity contribution >= 4 is 0 Å². The van der Waals surface area contributed by atoms with Gasteiger partial charge < -0.3 is 0 Å². The average molecular weight is 251 g/mol. The molecule has 0 unspecified atom stereocenters. The van der Waals surface area contributed by atoms with Crippen molar-refractivity contribution in [1.82, 2.24) is 4.57 Å². The Balaban J connectivity index is 2.59. The fourth-order valence-electron chi connectivity index (χ4n) is 2.59. The molecule has 0 bridgehead atoms. The van der Waals surface area contributed by atoms with E-state index < -0.39 is 0 Å². The van der Waals surface area contributed by atoms with E-state index in [4.69, 9.17) is 0 Å². The zero-order valence-electron chi connectivity index (χ0n) is 12.9. The summed E-state index contributed by atoms with van der Waals surface area (Å²) < 4.78 is 4.87. The van der Waals surface area contributed by atoms with Crippen molar-refractivity contribution in [3.8, 4) is 0 Å². The molecular weight excluding hydrogens is 220 g/mol. The van der Waals surface area contributed by atoms with E-state index in [1.807, 2.05) is 0 Å². The van der Waals surface area contributed by atoms with Crippen LogP contribution >= 0.6 is 0 Å². The van der Waals surface area contributed by atoms with Gasteiger partial charge in [-0.15, -0.1) is 0 Å². The third-order valence-corrected chi connectivity index (χ3v) is 3.54. The highest BCUT2D eigenvalue weighted by Crippen LogP contribution is 2.16. The smallest absolute Gasteiger partial charge is 0.234 e. The second-order valence-electron chi connectivity index (χ2n) is 5.92. The number of aromatic nitrogens is 2. The van der Waals surface area contributed by atoms with Gasteiger partial charge in [-0.3, -0.25) is 0 Å². The molecule has 0 saturated carbocycles. The van der Waals surface area contributed by atoms with Crippen LogP contribution in [-0.2, 0) is 6.54 Å². The van der Waals surface area contributed by atoms with Crippen molar-refractivity contribution in [2.75, 3.05) is 0 Å². The van der Waals surface area contributed by atoms with Crippen molar-refractivity contribution in [1.29, 1.82) is 0 Å². The molecule has 0 spiro atoms. The van der Waals surface area contributed by atoms with E-state index in [9.17, 15) is 0 Å². The Morgan fingerprint density at radius 3 is 2.28 bits per heavy atom. The zero-order valence-corrected chi connectivity index (χ0v) is 12.9. The molecule has 0 amide bonds. The lowest BCUT2D eigenvalue weighted by molar-refractivity contribution is -0.705. The van der Waals surface area contributed by atoms with Gasteiger partial charge in [0, 0.05) is 0 Å². The molecule has 18 heavy (non-hydrogen) atoms. The van der Waals surface area contributed by atoms with Crippen LogP contribution in [0, 0.1) is 0 Å². The Morgan fingerprint density at radius 2 is 1.72 bits per heavy atom. The molecule has 0 radical (unpaired) electrons. The standard InChI is InChI=1S/C16H31N2/c1-6-7-8-9-10-11-17-12-13-18(15(4)5)16(17)14(2)3/h12-15H,6-11H2,1-5H3/q+1. The summed E-state index contributed by atoms with van der Waals surface area (Å²) in [5.74, 6) is 2.07. The fraction of sp³-hybridized carbons (Fsp3) is 0.812. The van der Waals surface area contributed by atoms with Crippen LogP contribution in [-0.4, -0.2) is 4.57 Å². The number of hydrogen-bond acceptors (Lipinski definition) is 0. The third-order valence-electron chi connectivity index (χ3n) is 3.54. The van der Waals surface area contributed by atoms with Gasteiger partial charge in [0.15, 0.2) is 0 Å². The number of rotatable bonds is 8. The van der Waals surface area contributed by atoms with E-state index >= 15 is 0 Å². The van der Waals surface area contributed by atoms with Crippen LogP contribution < -0.4 is 4.57 Å². The molecule has 0 aliphatic rings. The first kappa shape index (κ1) is 15.3. The number of imidazole rings is 1. The van der Waals surface area contributed by atoms with Crippen LogP contribution in [0.25, 0.3) is 0 Å². The van der Waals surface area contributed by atoms with Crippen molar-refractivity contribution in [2.45, 2.75) is 85.2 Å². The highest BCUT2D eigenvalue weighted by atomic mass is 15.2. The van der Waals surface area contributed by atoms with E-state index in [0.29, 0.717) is 12.0 Å². The molecule has 104 valence electrons. The minimum Gasteiger partial charge on any atom is -0.234 e. The van der Waals surface area contributed by atoms with E-state index in [-0.39, 0.29) is 0 Å². The summed E-state index contributed by atoms with van der Waals surface area (Å²) in [6.45, 7) is 12.6. The fourth-order valence-corrected chi connectivity index (χ4v) is 2.59. The predicted octanol–water partition coefficient (Wildman–Crippen LogP) is 4.45. The zero-order chi connectivity index (χ0) is 13.5. The van der Waals surface area contributed by atoms with Gasteiger partial charge in [-0.25, -0.2) is 9.13 Å². The van der Waals surface area contributed by atoms with Gasteiger partial charge in [0.05, 0.1) is 18.5 Å². The molecule has 1 heterocycles. The number of nitrogens with zero attached hydrogens (tertiary/aromatic N) is 2. The molecular formula is C16H31N2+. The van der Waals surface area contributed by atoms with Crippen molar-refractivity contribution in [3.63, 3.8) is 0 Å². The monoisotopic (exact) mass is 251 g/mol. The maximum Gasteiger partial charge on any atom is 0.259 e. The minimum atomic E-state index is 0.559. The Morgan fingerprint density at radius 1 is 1.06 bits per heavy atom. The van der Waals surface area contributed by atoms with Crippen LogP contribution in [0.2, 0.25) is 0 Å².